The third-order valence-electron chi connectivity index (χ3n) is 1.78. The molecule has 0 rings (SSSR count). The van der Waals surface area contributed by atoms with Crippen molar-refractivity contribution >= 4 is 13.6 Å². The van der Waals surface area contributed by atoms with Gasteiger partial charge in [0.25, 0.3) is 0 Å². The van der Waals surface area contributed by atoms with Gasteiger partial charge >= 0.3 is 13.6 Å². The largest absolute Gasteiger partial charge is 0.480 e. The van der Waals surface area contributed by atoms with Crippen molar-refractivity contribution in [2.45, 2.75) is 31.7 Å². The SMILES string of the molecule is N[C@@H](CCCCCP(=O)(O)O)C(=O)O. The van der Waals surface area contributed by atoms with Crippen molar-refractivity contribution in [3.05, 3.63) is 0 Å². The molecule has 5 N–H and O–H groups in total. The molecule has 0 aromatic heterocycles. The Kier molecular flexibility index (Phi) is 5.95. The van der Waals surface area contributed by atoms with Gasteiger partial charge in [0.05, 0.1) is 0 Å². The number of carboxylic acid groups (broad SMARTS) is 1. The first-order chi connectivity index (χ1) is 6.33. The molecular weight excluding hydrogens is 209 g/mol. The molecule has 0 radical (unpaired) electrons. The minimum atomic E-state index is -3.90. The highest BCUT2D eigenvalue weighted by Crippen LogP contribution is 2.35. The molecule has 0 saturated heterocycles. The monoisotopic (exact) mass is 225 g/mol. The first-order valence-corrected chi connectivity index (χ1v) is 6.15. The Balaban J connectivity index is 3.39. The van der Waals surface area contributed by atoms with Gasteiger partial charge in [0.15, 0.2) is 0 Å². The zero-order valence-electron chi connectivity index (χ0n) is 7.80. The van der Waals surface area contributed by atoms with Gasteiger partial charge in [-0.25, -0.2) is 0 Å². The Morgan fingerprint density at radius 2 is 1.86 bits per heavy atom. The summed E-state index contributed by atoms with van der Waals surface area (Å²) in [5.74, 6) is -1.04. The van der Waals surface area contributed by atoms with Crippen LogP contribution >= 0.6 is 7.60 Å². The second-order valence-electron chi connectivity index (χ2n) is 3.18. The Hall–Kier alpha value is -0.420. The number of nitrogens with two attached hydrogens (primary N) is 1. The average molecular weight is 225 g/mol. The van der Waals surface area contributed by atoms with Crippen LogP contribution in [0.4, 0.5) is 0 Å². The van der Waals surface area contributed by atoms with E-state index < -0.39 is 19.6 Å². The van der Waals surface area contributed by atoms with Gasteiger partial charge in [-0.2, -0.15) is 0 Å². The van der Waals surface area contributed by atoms with Crippen LogP contribution in [0.1, 0.15) is 25.7 Å². The Morgan fingerprint density at radius 1 is 1.29 bits per heavy atom. The van der Waals surface area contributed by atoms with Crippen LogP contribution in [0.2, 0.25) is 0 Å². The lowest BCUT2D eigenvalue weighted by atomic mass is 10.1. The van der Waals surface area contributed by atoms with Crippen molar-refractivity contribution in [2.24, 2.45) is 5.73 Å². The van der Waals surface area contributed by atoms with Crippen molar-refractivity contribution in [3.63, 3.8) is 0 Å². The molecule has 0 amide bonds. The first kappa shape index (κ1) is 13.6. The summed E-state index contributed by atoms with van der Waals surface area (Å²) >= 11 is 0. The summed E-state index contributed by atoms with van der Waals surface area (Å²) in [6, 6.07) is -0.870. The van der Waals surface area contributed by atoms with E-state index in [9.17, 15) is 9.36 Å². The van der Waals surface area contributed by atoms with E-state index in [0.717, 1.165) is 0 Å². The fourth-order valence-electron chi connectivity index (χ4n) is 0.982. The van der Waals surface area contributed by atoms with Crippen LogP contribution in [-0.2, 0) is 9.36 Å². The summed E-state index contributed by atoms with van der Waals surface area (Å²) in [5, 5.41) is 8.42. The third-order valence-corrected chi connectivity index (χ3v) is 2.68. The number of hydrogen-bond donors (Lipinski definition) is 4. The van der Waals surface area contributed by atoms with E-state index in [1.165, 1.54) is 0 Å². The van der Waals surface area contributed by atoms with Gasteiger partial charge in [-0.3, -0.25) is 9.36 Å². The molecule has 14 heavy (non-hydrogen) atoms. The molecule has 0 aromatic carbocycles. The molecule has 0 spiro atoms. The lowest BCUT2D eigenvalue weighted by molar-refractivity contribution is -0.138. The first-order valence-electron chi connectivity index (χ1n) is 4.36. The van der Waals surface area contributed by atoms with E-state index in [1.54, 1.807) is 0 Å². The Morgan fingerprint density at radius 3 is 2.29 bits per heavy atom. The molecule has 0 aromatic rings. The van der Waals surface area contributed by atoms with E-state index in [2.05, 4.69) is 0 Å². The topological polar surface area (TPSA) is 121 Å². The second kappa shape index (κ2) is 6.14. The highest BCUT2D eigenvalue weighted by Gasteiger charge is 2.13. The molecule has 0 heterocycles. The fraction of sp³-hybridized carbons (Fsp3) is 0.857. The summed E-state index contributed by atoms with van der Waals surface area (Å²) < 4.78 is 10.4. The molecule has 0 bridgehead atoms. The van der Waals surface area contributed by atoms with E-state index in [0.29, 0.717) is 25.7 Å². The molecule has 84 valence electrons. The van der Waals surface area contributed by atoms with Gasteiger partial charge in [0.2, 0.25) is 0 Å². The lowest BCUT2D eigenvalue weighted by Gasteiger charge is -2.06. The maximum atomic E-state index is 10.4. The highest BCUT2D eigenvalue weighted by atomic mass is 31.2. The molecule has 7 heteroatoms. The molecule has 0 fully saturated rings. The summed E-state index contributed by atoms with van der Waals surface area (Å²) in [6.07, 6.45) is 1.77. The zero-order chi connectivity index (χ0) is 11.2. The van der Waals surface area contributed by atoms with E-state index in [-0.39, 0.29) is 6.16 Å². The third kappa shape index (κ3) is 8.19. The van der Waals surface area contributed by atoms with Crippen molar-refractivity contribution in [1.82, 2.24) is 0 Å². The van der Waals surface area contributed by atoms with Crippen LogP contribution < -0.4 is 5.73 Å². The number of unbranched alkanes of at least 4 members (excludes halogenated alkanes) is 2. The fourth-order valence-corrected chi connectivity index (χ4v) is 1.62. The summed E-state index contributed by atoms with van der Waals surface area (Å²) in [6.45, 7) is 0. The van der Waals surface area contributed by atoms with Crippen LogP contribution in [0.3, 0.4) is 0 Å². The van der Waals surface area contributed by atoms with Crippen molar-refractivity contribution < 1.29 is 24.3 Å². The Bertz CT molecular complexity index is 226. The second-order valence-corrected chi connectivity index (χ2v) is 4.96. The number of carboxylic acids is 1. The van der Waals surface area contributed by atoms with E-state index in [1.807, 2.05) is 0 Å². The summed E-state index contributed by atoms with van der Waals surface area (Å²) in [5.41, 5.74) is 5.23. The molecule has 0 aliphatic heterocycles. The zero-order valence-corrected chi connectivity index (χ0v) is 8.69. The lowest BCUT2D eigenvalue weighted by Crippen LogP contribution is -2.29. The standard InChI is InChI=1S/C7H16NO5P/c8-6(7(9)10)4-2-1-3-5-14(11,12)13/h6H,1-5,8H2,(H,9,10)(H2,11,12,13)/t6-/m0/s1. The molecule has 1 atom stereocenters. The smallest absolute Gasteiger partial charge is 0.325 e. The molecule has 0 saturated carbocycles. The predicted octanol–water partition coefficient (Wildman–Crippen LogP) is 0.136. The number of rotatable bonds is 7. The molecule has 0 unspecified atom stereocenters. The van der Waals surface area contributed by atoms with E-state index >= 15 is 0 Å². The quantitative estimate of drug-likeness (QED) is 0.361. The molecule has 0 aliphatic carbocycles. The van der Waals surface area contributed by atoms with Gasteiger partial charge in [0.1, 0.15) is 6.04 Å². The maximum Gasteiger partial charge on any atom is 0.325 e. The maximum absolute atomic E-state index is 10.4. The number of aliphatic carboxylic acids is 1. The van der Waals surface area contributed by atoms with Crippen LogP contribution in [0.25, 0.3) is 0 Å². The van der Waals surface area contributed by atoms with Gasteiger partial charge in [0, 0.05) is 6.16 Å². The van der Waals surface area contributed by atoms with Crippen LogP contribution in [0, 0.1) is 0 Å². The van der Waals surface area contributed by atoms with Gasteiger partial charge < -0.3 is 20.6 Å². The van der Waals surface area contributed by atoms with Crippen LogP contribution in [0.5, 0.6) is 0 Å². The van der Waals surface area contributed by atoms with Crippen LogP contribution in [-0.4, -0.2) is 33.1 Å². The van der Waals surface area contributed by atoms with Crippen molar-refractivity contribution in [2.75, 3.05) is 6.16 Å². The minimum absolute atomic E-state index is 0.144. The normalized spacial score (nSPS) is 13.9. The van der Waals surface area contributed by atoms with E-state index in [4.69, 9.17) is 20.6 Å². The highest BCUT2D eigenvalue weighted by molar-refractivity contribution is 7.51. The Labute approximate surface area is 82.3 Å². The average Bonchev–Trinajstić information content (AvgIpc) is 2.01. The van der Waals surface area contributed by atoms with Gasteiger partial charge in [-0.1, -0.05) is 12.8 Å². The molecule has 0 aliphatic rings. The van der Waals surface area contributed by atoms with Gasteiger partial charge in [-0.15, -0.1) is 0 Å². The van der Waals surface area contributed by atoms with Crippen molar-refractivity contribution in [1.29, 1.82) is 0 Å². The molecule has 6 nitrogen and oxygen atoms in total. The minimum Gasteiger partial charge on any atom is -0.480 e. The van der Waals surface area contributed by atoms with Crippen molar-refractivity contribution in [3.8, 4) is 0 Å². The van der Waals surface area contributed by atoms with Gasteiger partial charge in [-0.05, 0) is 12.8 Å². The number of carbonyl (C=O) groups is 1. The molecular formula is C7H16NO5P. The number of hydrogen-bond acceptors (Lipinski definition) is 3. The summed E-state index contributed by atoms with van der Waals surface area (Å²) in [4.78, 5) is 27.3. The predicted molar refractivity (Wildman–Crippen MR) is 51.0 cm³/mol. The van der Waals surface area contributed by atoms with Crippen LogP contribution in [0.15, 0.2) is 0 Å². The summed E-state index contributed by atoms with van der Waals surface area (Å²) in [7, 11) is -3.90.